The third-order valence-electron chi connectivity index (χ3n) is 2.06. The summed E-state index contributed by atoms with van der Waals surface area (Å²) in [5.41, 5.74) is 0. The van der Waals surface area contributed by atoms with E-state index in [2.05, 4.69) is 0 Å². The zero-order valence-corrected chi connectivity index (χ0v) is 9.08. The zero-order chi connectivity index (χ0) is 9.60. The van der Waals surface area contributed by atoms with Crippen LogP contribution in [0.25, 0.3) is 0 Å². The molecule has 0 radical (unpaired) electrons. The van der Waals surface area contributed by atoms with Gasteiger partial charge in [0.05, 0.1) is 17.3 Å². The van der Waals surface area contributed by atoms with Crippen molar-refractivity contribution in [3.05, 3.63) is 35.5 Å². The highest BCUT2D eigenvalue weighted by Crippen LogP contribution is 2.34. The van der Waals surface area contributed by atoms with Gasteiger partial charge in [0, 0.05) is 25.8 Å². The van der Waals surface area contributed by atoms with Crippen molar-refractivity contribution in [3.8, 4) is 0 Å². The molecule has 14 heavy (non-hydrogen) atoms. The van der Waals surface area contributed by atoms with Crippen LogP contribution in [-0.2, 0) is 13.3 Å². The van der Waals surface area contributed by atoms with Crippen LogP contribution in [0.3, 0.4) is 0 Å². The van der Waals surface area contributed by atoms with Crippen molar-refractivity contribution in [3.63, 3.8) is 0 Å². The topological polar surface area (TPSA) is 27.7 Å². The Balaban J connectivity index is 1.65. The van der Waals surface area contributed by atoms with E-state index in [0.29, 0.717) is 0 Å². The Bertz CT molecular complexity index is 313. The molecule has 0 aromatic rings. The van der Waals surface area contributed by atoms with Gasteiger partial charge in [-0.15, -0.1) is 0 Å². The molecular formula is C10H12O3Si. The maximum atomic E-state index is 5.72. The molecule has 3 nitrogen and oxygen atoms in total. The fourth-order valence-corrected chi connectivity index (χ4v) is 3.21. The van der Waals surface area contributed by atoms with Gasteiger partial charge in [-0.3, -0.25) is 0 Å². The number of rotatable bonds is 6. The van der Waals surface area contributed by atoms with Crippen molar-refractivity contribution < 1.29 is 13.3 Å². The minimum Gasteiger partial charge on any atom is -0.487 e. The van der Waals surface area contributed by atoms with E-state index in [1.54, 1.807) is 0 Å². The Hall–Kier alpha value is -1.16. The van der Waals surface area contributed by atoms with Gasteiger partial charge >= 0.3 is 8.80 Å². The molecule has 3 aliphatic carbocycles. The summed E-state index contributed by atoms with van der Waals surface area (Å²) in [6.45, 7) is 1.95. The first-order valence-corrected chi connectivity index (χ1v) is 7.10. The summed E-state index contributed by atoms with van der Waals surface area (Å²) >= 11 is 0. The standard InChI is InChI=1S/C10H12O3Si/c1-14(11-8-2-3-8,12-9-4-5-9)13-10-6-7-10/h2,4,6H,3,5,7H2,1H3. The minimum absolute atomic E-state index is 0.952. The lowest BCUT2D eigenvalue weighted by molar-refractivity contribution is 0.164. The second-order valence-electron chi connectivity index (χ2n) is 3.79. The quantitative estimate of drug-likeness (QED) is 0.628. The average molecular weight is 208 g/mol. The van der Waals surface area contributed by atoms with E-state index in [1.807, 2.05) is 24.8 Å². The van der Waals surface area contributed by atoms with Crippen molar-refractivity contribution >= 4 is 8.80 Å². The van der Waals surface area contributed by atoms with Gasteiger partial charge in [0.25, 0.3) is 0 Å². The Morgan fingerprint density at radius 3 is 1.36 bits per heavy atom. The summed E-state index contributed by atoms with van der Waals surface area (Å²) in [7, 11) is -2.46. The van der Waals surface area contributed by atoms with Crippen LogP contribution in [0.5, 0.6) is 0 Å². The van der Waals surface area contributed by atoms with Crippen molar-refractivity contribution in [2.45, 2.75) is 25.8 Å². The van der Waals surface area contributed by atoms with Gasteiger partial charge < -0.3 is 13.3 Å². The third kappa shape index (κ3) is 2.01. The maximum absolute atomic E-state index is 5.72. The summed E-state index contributed by atoms with van der Waals surface area (Å²) in [6.07, 6.45) is 8.98. The van der Waals surface area contributed by atoms with E-state index in [1.165, 1.54) is 0 Å². The highest BCUT2D eigenvalue weighted by Gasteiger charge is 2.47. The first-order chi connectivity index (χ1) is 6.73. The molecule has 0 amide bonds. The average Bonchev–Trinajstić information content (AvgIpc) is 2.90. The first kappa shape index (κ1) is 8.17. The van der Waals surface area contributed by atoms with Gasteiger partial charge in [-0.05, 0) is 18.2 Å². The van der Waals surface area contributed by atoms with Gasteiger partial charge in [-0.1, -0.05) is 0 Å². The Morgan fingerprint density at radius 2 is 1.14 bits per heavy atom. The normalized spacial score (nSPS) is 21.6. The van der Waals surface area contributed by atoms with Crippen LogP contribution in [0.4, 0.5) is 0 Å². The lowest BCUT2D eigenvalue weighted by Gasteiger charge is -2.23. The summed E-state index contributed by atoms with van der Waals surface area (Å²) < 4.78 is 17.2. The third-order valence-corrected chi connectivity index (χ3v) is 3.96. The fourth-order valence-electron chi connectivity index (χ4n) is 1.15. The van der Waals surface area contributed by atoms with Crippen LogP contribution in [0, 0.1) is 0 Å². The van der Waals surface area contributed by atoms with Crippen LogP contribution in [0.15, 0.2) is 35.5 Å². The predicted octanol–water partition coefficient (Wildman–Crippen LogP) is 2.47. The van der Waals surface area contributed by atoms with E-state index < -0.39 is 8.80 Å². The lowest BCUT2D eigenvalue weighted by atomic mass is 10.9. The smallest absolute Gasteiger partial charge is 0.487 e. The van der Waals surface area contributed by atoms with Crippen LogP contribution in [0.2, 0.25) is 6.55 Å². The largest absolute Gasteiger partial charge is 0.695 e. The number of hydrogen-bond donors (Lipinski definition) is 0. The molecule has 0 bridgehead atoms. The minimum atomic E-state index is -2.46. The first-order valence-electron chi connectivity index (χ1n) is 4.88. The number of allylic oxidation sites excluding steroid dienone is 6. The van der Waals surface area contributed by atoms with E-state index >= 15 is 0 Å². The van der Waals surface area contributed by atoms with Crippen molar-refractivity contribution in [2.75, 3.05) is 0 Å². The van der Waals surface area contributed by atoms with Crippen molar-refractivity contribution in [2.24, 2.45) is 0 Å². The van der Waals surface area contributed by atoms with Gasteiger partial charge in [-0.25, -0.2) is 0 Å². The molecule has 74 valence electrons. The molecular weight excluding hydrogens is 196 g/mol. The molecule has 0 spiro atoms. The second-order valence-corrected chi connectivity index (χ2v) is 6.13. The van der Waals surface area contributed by atoms with E-state index in [4.69, 9.17) is 13.3 Å². The predicted molar refractivity (Wildman–Crippen MR) is 53.0 cm³/mol. The summed E-state index contributed by atoms with van der Waals surface area (Å²) in [4.78, 5) is 0. The lowest BCUT2D eigenvalue weighted by Crippen LogP contribution is -2.39. The van der Waals surface area contributed by atoms with E-state index in [9.17, 15) is 0 Å². The monoisotopic (exact) mass is 208 g/mol. The molecule has 4 heteroatoms. The van der Waals surface area contributed by atoms with E-state index in [-0.39, 0.29) is 0 Å². The second kappa shape index (κ2) is 2.67. The molecule has 0 aromatic carbocycles. The SMILES string of the molecule is C[Si](OC1=CC1)(OC1=CC1)OC1=CC1. The number of hydrogen-bond acceptors (Lipinski definition) is 3. The fraction of sp³-hybridized carbons (Fsp3) is 0.400. The van der Waals surface area contributed by atoms with E-state index in [0.717, 1.165) is 36.5 Å². The molecule has 0 heterocycles. The Kier molecular flexibility index (Phi) is 1.56. The van der Waals surface area contributed by atoms with Crippen molar-refractivity contribution in [1.29, 1.82) is 0 Å². The van der Waals surface area contributed by atoms with Gasteiger partial charge in [-0.2, -0.15) is 0 Å². The van der Waals surface area contributed by atoms with Crippen LogP contribution in [-0.4, -0.2) is 8.80 Å². The highest BCUT2D eigenvalue weighted by molar-refractivity contribution is 6.60. The van der Waals surface area contributed by atoms with Crippen LogP contribution < -0.4 is 0 Å². The molecule has 0 fully saturated rings. The summed E-state index contributed by atoms with van der Waals surface area (Å²) in [5, 5.41) is 0. The molecule has 0 saturated carbocycles. The highest BCUT2D eigenvalue weighted by atomic mass is 28.4. The summed E-state index contributed by atoms with van der Waals surface area (Å²) in [5.74, 6) is 3.05. The Morgan fingerprint density at radius 1 is 0.857 bits per heavy atom. The van der Waals surface area contributed by atoms with Crippen LogP contribution in [0.1, 0.15) is 19.3 Å². The van der Waals surface area contributed by atoms with Crippen molar-refractivity contribution in [1.82, 2.24) is 0 Å². The molecule has 0 atom stereocenters. The molecule has 0 unspecified atom stereocenters. The molecule has 0 saturated heterocycles. The maximum Gasteiger partial charge on any atom is 0.695 e. The molecule has 0 aromatic heterocycles. The molecule has 0 N–H and O–H groups in total. The van der Waals surface area contributed by atoms with Crippen LogP contribution >= 0.6 is 0 Å². The zero-order valence-electron chi connectivity index (χ0n) is 8.08. The molecule has 3 aliphatic rings. The van der Waals surface area contributed by atoms with Gasteiger partial charge in [0.15, 0.2) is 0 Å². The van der Waals surface area contributed by atoms with Gasteiger partial charge in [0.1, 0.15) is 0 Å². The Labute approximate surface area is 84.0 Å². The van der Waals surface area contributed by atoms with Gasteiger partial charge in [0.2, 0.25) is 0 Å². The molecule has 3 rings (SSSR count). The summed E-state index contributed by atoms with van der Waals surface area (Å²) in [6, 6.07) is 0. The molecule has 0 aliphatic heterocycles.